The number of amides is 1. The van der Waals surface area contributed by atoms with Crippen LogP contribution in [0.3, 0.4) is 0 Å². The first kappa shape index (κ1) is 9.22. The van der Waals surface area contributed by atoms with E-state index in [4.69, 9.17) is 11.6 Å². The van der Waals surface area contributed by atoms with Gasteiger partial charge in [0.15, 0.2) is 0 Å². The third-order valence-electron chi connectivity index (χ3n) is 1.05. The summed E-state index contributed by atoms with van der Waals surface area (Å²) in [7, 11) is 0. The van der Waals surface area contributed by atoms with Gasteiger partial charge in [-0.05, 0) is 11.4 Å². The summed E-state index contributed by atoms with van der Waals surface area (Å²) in [5.74, 6) is -0.195. The van der Waals surface area contributed by atoms with Gasteiger partial charge < -0.3 is 0 Å². The predicted molar refractivity (Wildman–Crippen MR) is 50.7 cm³/mol. The molecule has 0 saturated heterocycles. The molecule has 12 heavy (non-hydrogen) atoms. The van der Waals surface area contributed by atoms with E-state index >= 15 is 0 Å². The Kier molecular flexibility index (Phi) is 3.25. The Hall–Kier alpha value is -0.870. The lowest BCUT2D eigenvalue weighted by Crippen LogP contribution is -2.11. The summed E-state index contributed by atoms with van der Waals surface area (Å²) >= 11 is 7.23. The third kappa shape index (κ3) is 2.64. The second-order valence-corrected chi connectivity index (χ2v) is 3.41. The van der Waals surface area contributed by atoms with Gasteiger partial charge in [-0.2, -0.15) is 5.10 Å². The number of hydrogen-bond donors (Lipinski definition) is 1. The van der Waals surface area contributed by atoms with Crippen molar-refractivity contribution in [3.8, 4) is 0 Å². The van der Waals surface area contributed by atoms with Gasteiger partial charge >= 0.3 is 0 Å². The standard InChI is InChI=1S/C7H7ClN2OS/c1-5(11)10-9-4-7-6(8)2-3-12-7/h2-4H,1H3,(H,10,11)/b9-4+. The van der Waals surface area contributed by atoms with E-state index in [0.717, 1.165) is 4.88 Å². The minimum Gasteiger partial charge on any atom is -0.274 e. The molecule has 0 fully saturated rings. The Bertz CT molecular complexity index is 308. The SMILES string of the molecule is CC(=O)N/N=C/c1sccc1Cl. The van der Waals surface area contributed by atoms with E-state index in [-0.39, 0.29) is 5.91 Å². The molecule has 5 heteroatoms. The Labute approximate surface area is 79.0 Å². The van der Waals surface area contributed by atoms with E-state index in [0.29, 0.717) is 5.02 Å². The van der Waals surface area contributed by atoms with Gasteiger partial charge in [0.25, 0.3) is 0 Å². The number of carbonyl (C=O) groups is 1. The topological polar surface area (TPSA) is 41.5 Å². The van der Waals surface area contributed by atoms with Crippen molar-refractivity contribution in [3.63, 3.8) is 0 Å². The van der Waals surface area contributed by atoms with Crippen molar-refractivity contribution in [2.24, 2.45) is 5.10 Å². The van der Waals surface area contributed by atoms with Crippen LogP contribution in [0, 0.1) is 0 Å². The number of nitrogens with one attached hydrogen (secondary N) is 1. The molecule has 0 unspecified atom stereocenters. The van der Waals surface area contributed by atoms with Gasteiger partial charge in [0.2, 0.25) is 5.91 Å². The van der Waals surface area contributed by atoms with Gasteiger partial charge in [-0.15, -0.1) is 11.3 Å². The number of rotatable bonds is 2. The second kappa shape index (κ2) is 4.23. The number of carbonyl (C=O) groups excluding carboxylic acids is 1. The molecule has 1 heterocycles. The third-order valence-corrected chi connectivity index (χ3v) is 2.34. The fourth-order valence-electron chi connectivity index (χ4n) is 0.579. The molecule has 64 valence electrons. The molecule has 0 bridgehead atoms. The maximum absolute atomic E-state index is 10.4. The van der Waals surface area contributed by atoms with Crippen LogP contribution in [0.15, 0.2) is 16.5 Å². The highest BCUT2D eigenvalue weighted by Gasteiger charge is 1.96. The molecule has 1 aromatic rings. The highest BCUT2D eigenvalue weighted by Crippen LogP contribution is 2.19. The Morgan fingerprint density at radius 3 is 3.08 bits per heavy atom. The molecule has 1 rings (SSSR count). The summed E-state index contributed by atoms with van der Waals surface area (Å²) in [5, 5.41) is 6.18. The number of nitrogens with zero attached hydrogens (tertiary/aromatic N) is 1. The fraction of sp³-hybridized carbons (Fsp3) is 0.143. The first-order valence-electron chi connectivity index (χ1n) is 3.23. The van der Waals surface area contributed by atoms with Crippen molar-refractivity contribution in [1.29, 1.82) is 0 Å². The predicted octanol–water partition coefficient (Wildman–Crippen LogP) is 1.87. The second-order valence-electron chi connectivity index (χ2n) is 2.06. The summed E-state index contributed by atoms with van der Waals surface area (Å²) in [4.78, 5) is 11.2. The quantitative estimate of drug-likeness (QED) is 0.578. The summed E-state index contributed by atoms with van der Waals surface area (Å²) in [6.07, 6.45) is 1.52. The van der Waals surface area contributed by atoms with E-state index in [1.165, 1.54) is 24.5 Å². The zero-order chi connectivity index (χ0) is 8.97. The van der Waals surface area contributed by atoms with Crippen molar-refractivity contribution in [2.45, 2.75) is 6.92 Å². The zero-order valence-electron chi connectivity index (χ0n) is 6.37. The molecule has 0 radical (unpaired) electrons. The molecule has 0 atom stereocenters. The van der Waals surface area contributed by atoms with Crippen LogP contribution in [0.5, 0.6) is 0 Å². The van der Waals surface area contributed by atoms with Gasteiger partial charge in [-0.1, -0.05) is 11.6 Å². The van der Waals surface area contributed by atoms with Crippen LogP contribution in [-0.2, 0) is 4.79 Å². The van der Waals surface area contributed by atoms with Crippen molar-refractivity contribution < 1.29 is 4.79 Å². The van der Waals surface area contributed by atoms with Gasteiger partial charge in [0.1, 0.15) is 0 Å². The summed E-state index contributed by atoms with van der Waals surface area (Å²) < 4.78 is 0. The van der Waals surface area contributed by atoms with E-state index < -0.39 is 0 Å². The number of hydrogen-bond acceptors (Lipinski definition) is 3. The number of thiophene rings is 1. The minimum absolute atomic E-state index is 0.195. The molecule has 0 saturated carbocycles. The minimum atomic E-state index is -0.195. The molecule has 0 aliphatic rings. The smallest absolute Gasteiger partial charge is 0.236 e. The highest BCUT2D eigenvalue weighted by molar-refractivity contribution is 7.12. The molecule has 0 spiro atoms. The average Bonchev–Trinajstić information content (AvgIpc) is 2.36. The van der Waals surface area contributed by atoms with E-state index in [1.807, 2.05) is 5.38 Å². The molecular weight excluding hydrogens is 196 g/mol. The summed E-state index contributed by atoms with van der Waals surface area (Å²) in [5.41, 5.74) is 2.29. The van der Waals surface area contributed by atoms with Crippen LogP contribution >= 0.6 is 22.9 Å². The van der Waals surface area contributed by atoms with Crippen molar-refractivity contribution in [1.82, 2.24) is 5.43 Å². The number of halogens is 1. The lowest BCUT2D eigenvalue weighted by molar-refractivity contribution is -0.118. The van der Waals surface area contributed by atoms with Crippen LogP contribution in [0.1, 0.15) is 11.8 Å². The van der Waals surface area contributed by atoms with Gasteiger partial charge in [-0.3, -0.25) is 4.79 Å². The first-order valence-corrected chi connectivity index (χ1v) is 4.48. The normalized spacial score (nSPS) is 10.5. The van der Waals surface area contributed by atoms with Crippen LogP contribution in [0.4, 0.5) is 0 Å². The molecular formula is C7H7ClN2OS. The highest BCUT2D eigenvalue weighted by atomic mass is 35.5. The van der Waals surface area contributed by atoms with E-state index in [1.54, 1.807) is 6.07 Å². The van der Waals surface area contributed by atoms with Crippen molar-refractivity contribution in [3.05, 3.63) is 21.3 Å². The largest absolute Gasteiger partial charge is 0.274 e. The molecule has 1 amide bonds. The lowest BCUT2D eigenvalue weighted by Gasteiger charge is -1.89. The van der Waals surface area contributed by atoms with Gasteiger partial charge in [0, 0.05) is 6.92 Å². The van der Waals surface area contributed by atoms with Gasteiger partial charge in [-0.25, -0.2) is 5.43 Å². The van der Waals surface area contributed by atoms with E-state index in [9.17, 15) is 4.79 Å². The Morgan fingerprint density at radius 2 is 2.58 bits per heavy atom. The van der Waals surface area contributed by atoms with E-state index in [2.05, 4.69) is 10.5 Å². The maximum Gasteiger partial charge on any atom is 0.236 e. The average molecular weight is 203 g/mol. The molecule has 1 N–H and O–H groups in total. The molecule has 0 aromatic carbocycles. The summed E-state index contributed by atoms with van der Waals surface area (Å²) in [6, 6.07) is 1.78. The molecule has 1 aromatic heterocycles. The molecule has 0 aliphatic heterocycles. The fourth-order valence-corrected chi connectivity index (χ4v) is 1.54. The zero-order valence-corrected chi connectivity index (χ0v) is 7.95. The summed E-state index contributed by atoms with van der Waals surface area (Å²) in [6.45, 7) is 1.40. The van der Waals surface area contributed by atoms with Crippen molar-refractivity contribution >= 4 is 35.1 Å². The Balaban J connectivity index is 2.57. The molecule has 0 aliphatic carbocycles. The molecule has 3 nitrogen and oxygen atoms in total. The monoisotopic (exact) mass is 202 g/mol. The van der Waals surface area contributed by atoms with Gasteiger partial charge in [0.05, 0.1) is 16.1 Å². The Morgan fingerprint density at radius 1 is 1.83 bits per heavy atom. The lowest BCUT2D eigenvalue weighted by atomic mass is 10.5. The first-order chi connectivity index (χ1) is 5.70. The van der Waals surface area contributed by atoms with Crippen LogP contribution < -0.4 is 5.43 Å². The van der Waals surface area contributed by atoms with Crippen LogP contribution in [-0.4, -0.2) is 12.1 Å². The van der Waals surface area contributed by atoms with Crippen molar-refractivity contribution in [2.75, 3.05) is 0 Å². The van der Waals surface area contributed by atoms with Crippen LogP contribution in [0.2, 0.25) is 5.02 Å². The maximum atomic E-state index is 10.4. The number of hydrazone groups is 1. The van der Waals surface area contributed by atoms with Crippen LogP contribution in [0.25, 0.3) is 0 Å².